The molecular weight excluding hydrogens is 406 g/mol. The Kier molecular flexibility index (Phi) is 5.28. The van der Waals surface area contributed by atoms with E-state index in [4.69, 9.17) is 16.0 Å². The lowest BCUT2D eigenvalue weighted by molar-refractivity contribution is -0.384. The van der Waals surface area contributed by atoms with Crippen LogP contribution in [0.3, 0.4) is 0 Å². The molecule has 3 aromatic carbocycles. The molecule has 0 spiro atoms. The molecule has 0 saturated carbocycles. The first-order chi connectivity index (χ1) is 14.5. The molecule has 0 aliphatic rings. The molecule has 4 rings (SSSR count). The topological polar surface area (TPSA) is 98.3 Å². The van der Waals surface area contributed by atoms with Crippen LogP contribution in [0.5, 0.6) is 0 Å². The maximum absolute atomic E-state index is 12.4. The maximum atomic E-state index is 12.4. The fourth-order valence-electron chi connectivity index (χ4n) is 2.87. The highest BCUT2D eigenvalue weighted by molar-refractivity contribution is 6.32. The first kappa shape index (κ1) is 19.4. The summed E-state index contributed by atoms with van der Waals surface area (Å²) >= 11 is 6.10. The third kappa shape index (κ3) is 4.06. The van der Waals surface area contributed by atoms with Crippen LogP contribution in [0.1, 0.15) is 5.56 Å². The van der Waals surface area contributed by atoms with Crippen molar-refractivity contribution in [1.82, 2.24) is 4.98 Å². The Morgan fingerprint density at radius 1 is 1.10 bits per heavy atom. The van der Waals surface area contributed by atoms with Gasteiger partial charge in [0.1, 0.15) is 5.52 Å². The Morgan fingerprint density at radius 3 is 2.67 bits per heavy atom. The Morgan fingerprint density at radius 2 is 1.87 bits per heavy atom. The van der Waals surface area contributed by atoms with E-state index in [0.717, 1.165) is 5.56 Å². The number of amides is 1. The number of nitrogens with zero attached hydrogens (tertiary/aromatic N) is 2. The number of nitro benzene ring substituents is 1. The normalized spacial score (nSPS) is 11.1. The molecule has 0 aliphatic carbocycles. The molecule has 1 N–H and O–H groups in total. The summed E-state index contributed by atoms with van der Waals surface area (Å²) in [6.07, 6.45) is 3.01. The molecule has 1 amide bonds. The van der Waals surface area contributed by atoms with Gasteiger partial charge in [-0.3, -0.25) is 14.9 Å². The van der Waals surface area contributed by atoms with Gasteiger partial charge in [0.25, 0.3) is 5.69 Å². The smallest absolute Gasteiger partial charge is 0.273 e. The number of anilines is 1. The van der Waals surface area contributed by atoms with Crippen molar-refractivity contribution in [2.75, 3.05) is 5.32 Å². The molecule has 148 valence electrons. The number of non-ortho nitro benzene ring substituents is 1. The van der Waals surface area contributed by atoms with Crippen LogP contribution in [0.2, 0.25) is 5.02 Å². The van der Waals surface area contributed by atoms with E-state index in [1.54, 1.807) is 42.5 Å². The van der Waals surface area contributed by atoms with E-state index in [1.165, 1.54) is 24.3 Å². The molecule has 30 heavy (non-hydrogen) atoms. The Labute approximate surface area is 175 Å². The molecule has 0 radical (unpaired) electrons. The van der Waals surface area contributed by atoms with Crippen molar-refractivity contribution in [3.05, 3.63) is 93.5 Å². The van der Waals surface area contributed by atoms with E-state index in [1.807, 2.05) is 12.1 Å². The van der Waals surface area contributed by atoms with Gasteiger partial charge in [-0.15, -0.1) is 0 Å². The molecule has 8 heteroatoms. The summed E-state index contributed by atoms with van der Waals surface area (Å²) in [6, 6.07) is 18.4. The van der Waals surface area contributed by atoms with E-state index >= 15 is 0 Å². The number of carbonyl (C=O) groups excluding carboxylic acids is 1. The van der Waals surface area contributed by atoms with Crippen molar-refractivity contribution >= 4 is 46.1 Å². The van der Waals surface area contributed by atoms with Crippen molar-refractivity contribution < 1.29 is 14.1 Å². The molecule has 0 saturated heterocycles. The van der Waals surface area contributed by atoms with E-state index in [-0.39, 0.29) is 17.5 Å². The Balaban J connectivity index is 1.61. The summed E-state index contributed by atoms with van der Waals surface area (Å²) in [5.74, 6) is -0.106. The van der Waals surface area contributed by atoms with E-state index < -0.39 is 4.92 Å². The second-order valence-electron chi connectivity index (χ2n) is 6.32. The number of aromatic nitrogens is 1. The monoisotopic (exact) mass is 419 g/mol. The highest BCUT2D eigenvalue weighted by Gasteiger charge is 2.15. The Hall–Kier alpha value is -3.97. The maximum Gasteiger partial charge on any atom is 0.273 e. The van der Waals surface area contributed by atoms with Gasteiger partial charge in [-0.25, -0.2) is 4.98 Å². The minimum atomic E-state index is -0.499. The van der Waals surface area contributed by atoms with Crippen molar-refractivity contribution in [3.63, 3.8) is 0 Å². The number of para-hydroxylation sites is 1. The first-order valence-electron chi connectivity index (χ1n) is 8.89. The van der Waals surface area contributed by atoms with Crippen LogP contribution in [0.25, 0.3) is 28.6 Å². The number of oxazole rings is 1. The van der Waals surface area contributed by atoms with E-state index in [9.17, 15) is 14.9 Å². The van der Waals surface area contributed by atoms with Crippen molar-refractivity contribution in [3.8, 4) is 11.5 Å². The number of nitro groups is 1. The predicted molar refractivity (Wildman–Crippen MR) is 115 cm³/mol. The minimum absolute atomic E-state index is 0.0866. The van der Waals surface area contributed by atoms with Gasteiger partial charge in [0.2, 0.25) is 11.8 Å². The molecule has 7 nitrogen and oxygen atoms in total. The molecule has 1 aromatic heterocycles. The summed E-state index contributed by atoms with van der Waals surface area (Å²) in [5.41, 5.74) is 2.46. The lowest BCUT2D eigenvalue weighted by atomic mass is 10.1. The Bertz CT molecular complexity index is 1300. The number of halogens is 1. The van der Waals surface area contributed by atoms with Gasteiger partial charge in [-0.05, 0) is 35.9 Å². The van der Waals surface area contributed by atoms with Crippen LogP contribution in [0, 0.1) is 10.1 Å². The second-order valence-corrected chi connectivity index (χ2v) is 6.73. The number of hydrogen-bond donors (Lipinski definition) is 1. The third-order valence-corrected chi connectivity index (χ3v) is 4.66. The summed E-state index contributed by atoms with van der Waals surface area (Å²) in [7, 11) is 0. The highest BCUT2D eigenvalue weighted by atomic mass is 35.5. The van der Waals surface area contributed by atoms with E-state index in [2.05, 4.69) is 10.3 Å². The molecule has 0 aliphatic heterocycles. The van der Waals surface area contributed by atoms with Gasteiger partial charge in [0.05, 0.1) is 22.2 Å². The lowest BCUT2D eigenvalue weighted by Gasteiger charge is -2.06. The number of fused-ring (bicyclic) bond motifs is 1. The number of benzene rings is 3. The highest BCUT2D eigenvalue weighted by Crippen LogP contribution is 2.31. The lowest BCUT2D eigenvalue weighted by Crippen LogP contribution is -2.08. The summed E-state index contributed by atoms with van der Waals surface area (Å²) < 4.78 is 5.71. The van der Waals surface area contributed by atoms with Crippen molar-refractivity contribution in [1.29, 1.82) is 0 Å². The zero-order valence-electron chi connectivity index (χ0n) is 15.4. The fraction of sp³-hybridized carbons (Fsp3) is 0. The molecule has 0 unspecified atom stereocenters. The zero-order chi connectivity index (χ0) is 21.1. The van der Waals surface area contributed by atoms with Gasteiger partial charge in [-0.2, -0.15) is 0 Å². The van der Waals surface area contributed by atoms with Crippen LogP contribution in [-0.4, -0.2) is 15.8 Å². The second kappa shape index (κ2) is 8.18. The average Bonchev–Trinajstić information content (AvgIpc) is 3.16. The van der Waals surface area contributed by atoms with Crippen molar-refractivity contribution in [2.45, 2.75) is 0 Å². The van der Waals surface area contributed by atoms with Crippen LogP contribution < -0.4 is 5.32 Å². The SMILES string of the molecule is O=C(C=Cc1ccccc1Cl)Nc1ccccc1-c1nc2ccc([N+](=O)[O-])cc2o1. The molecular formula is C22H14ClN3O4. The number of hydrogen-bond acceptors (Lipinski definition) is 5. The number of nitrogens with one attached hydrogen (secondary N) is 1. The van der Waals surface area contributed by atoms with E-state index in [0.29, 0.717) is 27.4 Å². The van der Waals surface area contributed by atoms with Gasteiger partial charge in [0, 0.05) is 17.2 Å². The van der Waals surface area contributed by atoms with Crippen molar-refractivity contribution in [2.24, 2.45) is 0 Å². The van der Waals surface area contributed by atoms with Gasteiger partial charge >= 0.3 is 0 Å². The predicted octanol–water partition coefficient (Wildman–Crippen LogP) is 5.71. The molecule has 1 heterocycles. The first-order valence-corrected chi connectivity index (χ1v) is 9.27. The van der Waals surface area contributed by atoms with Crippen LogP contribution in [-0.2, 0) is 4.79 Å². The fourth-order valence-corrected chi connectivity index (χ4v) is 3.07. The zero-order valence-corrected chi connectivity index (χ0v) is 16.2. The van der Waals surface area contributed by atoms with Crippen LogP contribution in [0.4, 0.5) is 11.4 Å². The van der Waals surface area contributed by atoms with Gasteiger partial charge in [0.15, 0.2) is 5.58 Å². The number of carbonyl (C=O) groups is 1. The van der Waals surface area contributed by atoms with Gasteiger partial charge in [-0.1, -0.05) is 41.9 Å². The largest absolute Gasteiger partial charge is 0.436 e. The number of rotatable bonds is 5. The quantitative estimate of drug-likeness (QED) is 0.254. The average molecular weight is 420 g/mol. The van der Waals surface area contributed by atoms with Gasteiger partial charge < -0.3 is 9.73 Å². The molecule has 0 atom stereocenters. The van der Waals surface area contributed by atoms with Crippen LogP contribution >= 0.6 is 11.6 Å². The molecule has 0 fully saturated rings. The minimum Gasteiger partial charge on any atom is -0.436 e. The summed E-state index contributed by atoms with van der Waals surface area (Å²) in [6.45, 7) is 0. The summed E-state index contributed by atoms with van der Waals surface area (Å²) in [4.78, 5) is 27.3. The standard InChI is InChI=1S/C22H14ClN3O4/c23-17-7-3-1-5-14(17)9-12-21(27)24-18-8-4-2-6-16(18)22-25-19-11-10-15(26(28)29)13-20(19)30-22/h1-13H,(H,24,27). The third-order valence-electron chi connectivity index (χ3n) is 4.32. The van der Waals surface area contributed by atoms with Crippen LogP contribution in [0.15, 0.2) is 77.2 Å². The summed E-state index contributed by atoms with van der Waals surface area (Å²) in [5, 5.41) is 14.3. The molecule has 4 aromatic rings. The molecule has 0 bridgehead atoms.